The Labute approximate surface area is 86.5 Å². The summed E-state index contributed by atoms with van der Waals surface area (Å²) in [5.41, 5.74) is 1.99. The van der Waals surface area contributed by atoms with Crippen molar-refractivity contribution in [2.75, 3.05) is 11.8 Å². The molecule has 6 heteroatoms. The van der Waals surface area contributed by atoms with E-state index >= 15 is 0 Å². The maximum Gasteiger partial charge on any atom is 0.255 e. The molecule has 12 heavy (non-hydrogen) atoms. The SMILES string of the molecule is NNC(=O)C(Cl)(CCCl)CCCl. The van der Waals surface area contributed by atoms with E-state index < -0.39 is 10.8 Å². The number of carbonyl (C=O) groups excluding carboxylic acids is 1. The molecule has 0 aliphatic heterocycles. The van der Waals surface area contributed by atoms with E-state index in [0.717, 1.165) is 0 Å². The van der Waals surface area contributed by atoms with Gasteiger partial charge in [-0.05, 0) is 12.8 Å². The van der Waals surface area contributed by atoms with Gasteiger partial charge < -0.3 is 0 Å². The zero-order chi connectivity index (χ0) is 9.61. The topological polar surface area (TPSA) is 55.1 Å². The van der Waals surface area contributed by atoms with Crippen LogP contribution in [0.25, 0.3) is 0 Å². The summed E-state index contributed by atoms with van der Waals surface area (Å²) in [6.07, 6.45) is 0.706. The van der Waals surface area contributed by atoms with Crippen molar-refractivity contribution < 1.29 is 4.79 Å². The van der Waals surface area contributed by atoms with E-state index in [1.54, 1.807) is 0 Å². The van der Waals surface area contributed by atoms with Crippen molar-refractivity contribution in [3.8, 4) is 0 Å². The first-order chi connectivity index (χ1) is 5.60. The molecule has 0 saturated heterocycles. The number of halogens is 3. The number of carbonyl (C=O) groups is 1. The van der Waals surface area contributed by atoms with Crippen LogP contribution in [0.3, 0.4) is 0 Å². The third-order valence-corrected chi connectivity index (χ3v) is 2.45. The molecule has 0 rings (SSSR count). The van der Waals surface area contributed by atoms with E-state index in [-0.39, 0.29) is 0 Å². The Morgan fingerprint density at radius 1 is 1.33 bits per heavy atom. The van der Waals surface area contributed by atoms with Gasteiger partial charge in [-0.3, -0.25) is 10.2 Å². The Morgan fingerprint density at radius 3 is 2.00 bits per heavy atom. The lowest BCUT2D eigenvalue weighted by atomic mass is 10.0. The van der Waals surface area contributed by atoms with E-state index in [1.807, 2.05) is 5.43 Å². The highest BCUT2D eigenvalue weighted by Gasteiger charge is 2.34. The van der Waals surface area contributed by atoms with E-state index in [1.165, 1.54) is 0 Å². The van der Waals surface area contributed by atoms with Gasteiger partial charge in [-0.1, -0.05) is 0 Å². The number of nitrogens with two attached hydrogens (primary N) is 1. The molecule has 0 spiro atoms. The molecule has 0 aliphatic rings. The average molecular weight is 234 g/mol. The molecule has 0 aliphatic carbocycles. The highest BCUT2D eigenvalue weighted by molar-refractivity contribution is 6.35. The second-order valence-electron chi connectivity index (χ2n) is 2.32. The van der Waals surface area contributed by atoms with Crippen LogP contribution in [0, 0.1) is 0 Å². The minimum Gasteiger partial charge on any atom is -0.293 e. The first-order valence-corrected chi connectivity index (χ1v) is 4.87. The van der Waals surface area contributed by atoms with Gasteiger partial charge in [0.25, 0.3) is 5.91 Å². The van der Waals surface area contributed by atoms with E-state index in [0.29, 0.717) is 24.6 Å². The molecule has 0 fully saturated rings. The van der Waals surface area contributed by atoms with Gasteiger partial charge in [0.1, 0.15) is 4.87 Å². The number of hydrogen-bond donors (Lipinski definition) is 2. The Hall–Kier alpha value is 0.300. The smallest absolute Gasteiger partial charge is 0.255 e. The first-order valence-electron chi connectivity index (χ1n) is 3.42. The quantitative estimate of drug-likeness (QED) is 0.325. The lowest BCUT2D eigenvalue weighted by Crippen LogP contribution is -2.46. The first kappa shape index (κ1) is 12.3. The second-order valence-corrected chi connectivity index (χ2v) is 3.80. The van der Waals surface area contributed by atoms with Crippen LogP contribution in [0.4, 0.5) is 0 Å². The van der Waals surface area contributed by atoms with E-state index in [2.05, 4.69) is 0 Å². The number of alkyl halides is 3. The van der Waals surface area contributed by atoms with Crippen LogP contribution < -0.4 is 11.3 Å². The molecule has 0 atom stereocenters. The lowest BCUT2D eigenvalue weighted by molar-refractivity contribution is -0.123. The average Bonchev–Trinajstić information content (AvgIpc) is 2.04. The molecule has 3 N–H and O–H groups in total. The summed E-state index contributed by atoms with van der Waals surface area (Å²) >= 11 is 16.9. The van der Waals surface area contributed by atoms with Crippen LogP contribution >= 0.6 is 34.8 Å². The molecule has 0 unspecified atom stereocenters. The summed E-state index contributed by atoms with van der Waals surface area (Å²) in [6.45, 7) is 0. The molecular formula is C6H11Cl3N2O. The molecule has 0 aromatic rings. The number of rotatable bonds is 5. The molecule has 0 aromatic heterocycles. The van der Waals surface area contributed by atoms with Crippen LogP contribution in [0.15, 0.2) is 0 Å². The van der Waals surface area contributed by atoms with Gasteiger partial charge in [0.05, 0.1) is 0 Å². The molecule has 3 nitrogen and oxygen atoms in total. The van der Waals surface area contributed by atoms with Gasteiger partial charge in [-0.25, -0.2) is 5.84 Å². The summed E-state index contributed by atoms with van der Waals surface area (Å²) in [7, 11) is 0. The molecule has 1 amide bonds. The van der Waals surface area contributed by atoms with Gasteiger partial charge in [0.15, 0.2) is 0 Å². The predicted molar refractivity (Wildman–Crippen MR) is 51.6 cm³/mol. The number of nitrogens with one attached hydrogen (secondary N) is 1. The van der Waals surface area contributed by atoms with Gasteiger partial charge in [0.2, 0.25) is 0 Å². The van der Waals surface area contributed by atoms with Crippen molar-refractivity contribution in [1.82, 2.24) is 5.43 Å². The van der Waals surface area contributed by atoms with Crippen molar-refractivity contribution in [3.63, 3.8) is 0 Å². The Balaban J connectivity index is 4.26. The zero-order valence-corrected chi connectivity index (χ0v) is 8.72. The van der Waals surface area contributed by atoms with E-state index in [9.17, 15) is 4.79 Å². The summed E-state index contributed by atoms with van der Waals surface area (Å²) < 4.78 is 0. The minimum atomic E-state index is -1.06. The van der Waals surface area contributed by atoms with Crippen molar-refractivity contribution in [3.05, 3.63) is 0 Å². The largest absolute Gasteiger partial charge is 0.293 e. The number of hydrogen-bond acceptors (Lipinski definition) is 2. The zero-order valence-electron chi connectivity index (χ0n) is 6.45. The molecule has 0 heterocycles. The van der Waals surface area contributed by atoms with Crippen LogP contribution in [0.2, 0.25) is 0 Å². The Morgan fingerprint density at radius 2 is 1.75 bits per heavy atom. The third-order valence-electron chi connectivity index (χ3n) is 1.52. The van der Waals surface area contributed by atoms with Gasteiger partial charge >= 0.3 is 0 Å². The molecule has 0 saturated carbocycles. The summed E-state index contributed by atoms with van der Waals surface area (Å²) in [4.78, 5) is 10.1. The fourth-order valence-electron chi connectivity index (χ4n) is 0.781. The maximum atomic E-state index is 11.1. The lowest BCUT2D eigenvalue weighted by Gasteiger charge is -2.22. The predicted octanol–water partition coefficient (Wildman–Crippen LogP) is 1.21. The van der Waals surface area contributed by atoms with Crippen molar-refractivity contribution >= 4 is 40.7 Å². The van der Waals surface area contributed by atoms with Gasteiger partial charge in [-0.2, -0.15) is 0 Å². The normalized spacial score (nSPS) is 11.3. The minimum absolute atomic E-state index is 0.299. The fraction of sp³-hybridized carbons (Fsp3) is 0.833. The number of hydrazine groups is 1. The molecular weight excluding hydrogens is 222 g/mol. The molecule has 0 aromatic carbocycles. The summed E-state index contributed by atoms with van der Waals surface area (Å²) in [5.74, 6) is 5.11. The molecule has 0 radical (unpaired) electrons. The Kier molecular flexibility index (Phi) is 6.01. The van der Waals surface area contributed by atoms with Crippen LogP contribution in [-0.4, -0.2) is 22.5 Å². The van der Waals surface area contributed by atoms with Gasteiger partial charge in [-0.15, -0.1) is 34.8 Å². The monoisotopic (exact) mass is 232 g/mol. The van der Waals surface area contributed by atoms with Crippen molar-refractivity contribution in [2.24, 2.45) is 5.84 Å². The Bertz CT molecular complexity index is 148. The fourth-order valence-corrected chi connectivity index (χ4v) is 1.86. The number of amides is 1. The summed E-state index contributed by atoms with van der Waals surface area (Å²) in [6, 6.07) is 0. The van der Waals surface area contributed by atoms with Crippen molar-refractivity contribution in [1.29, 1.82) is 0 Å². The third kappa shape index (κ3) is 3.35. The maximum absolute atomic E-state index is 11.1. The van der Waals surface area contributed by atoms with Gasteiger partial charge in [0, 0.05) is 11.8 Å². The van der Waals surface area contributed by atoms with Crippen molar-refractivity contribution in [2.45, 2.75) is 17.7 Å². The van der Waals surface area contributed by atoms with E-state index in [4.69, 9.17) is 40.6 Å². The van der Waals surface area contributed by atoms with Crippen LogP contribution in [0.5, 0.6) is 0 Å². The standard InChI is InChI=1S/C6H11Cl3N2O/c7-3-1-6(9,2-4-8)5(12)11-10/h1-4,10H2,(H,11,12). The molecule has 72 valence electrons. The summed E-state index contributed by atoms with van der Waals surface area (Å²) in [5, 5.41) is 0. The highest BCUT2D eigenvalue weighted by Crippen LogP contribution is 2.25. The van der Waals surface area contributed by atoms with Crippen LogP contribution in [0.1, 0.15) is 12.8 Å². The highest BCUT2D eigenvalue weighted by atomic mass is 35.5. The van der Waals surface area contributed by atoms with Crippen LogP contribution in [-0.2, 0) is 4.79 Å². The second kappa shape index (κ2) is 5.86. The molecule has 0 bridgehead atoms.